The van der Waals surface area contributed by atoms with Crippen LogP contribution in [0.4, 0.5) is 4.39 Å². The Balaban J connectivity index is 1.19. The molecular formula is C20H23ClFN3O3. The van der Waals surface area contributed by atoms with Gasteiger partial charge in [0.2, 0.25) is 5.91 Å². The number of ether oxygens (including phenoxy) is 1. The highest BCUT2D eigenvalue weighted by Gasteiger charge is 2.72. The molecule has 0 saturated heterocycles. The molecular weight excluding hydrogens is 385 g/mol. The molecule has 2 bridgehead atoms. The summed E-state index contributed by atoms with van der Waals surface area (Å²) < 4.78 is 18.7. The Morgan fingerprint density at radius 3 is 2.75 bits per heavy atom. The molecule has 2 amide bonds. The van der Waals surface area contributed by atoms with E-state index in [0.717, 1.165) is 31.1 Å². The number of rotatable bonds is 7. The maximum atomic E-state index is 13.4. The van der Waals surface area contributed by atoms with E-state index >= 15 is 0 Å². The van der Waals surface area contributed by atoms with Crippen molar-refractivity contribution in [3.05, 3.63) is 40.8 Å². The van der Waals surface area contributed by atoms with E-state index in [2.05, 4.69) is 22.0 Å². The van der Waals surface area contributed by atoms with E-state index in [-0.39, 0.29) is 40.1 Å². The van der Waals surface area contributed by atoms with Crippen molar-refractivity contribution in [2.24, 2.45) is 5.41 Å². The highest BCUT2D eigenvalue weighted by atomic mass is 35.5. The van der Waals surface area contributed by atoms with Gasteiger partial charge < -0.3 is 20.7 Å². The Morgan fingerprint density at radius 2 is 2.07 bits per heavy atom. The molecule has 1 aromatic carbocycles. The molecule has 3 saturated carbocycles. The molecule has 1 heterocycles. The molecule has 6 nitrogen and oxygen atoms in total. The van der Waals surface area contributed by atoms with Gasteiger partial charge in [-0.15, -0.1) is 0 Å². The fraction of sp³-hybridized carbons (Fsp3) is 0.500. The maximum absolute atomic E-state index is 13.4. The number of allylic oxidation sites excluding steroid dienone is 1. The number of benzene rings is 1. The molecule has 0 atom stereocenters. The standard InChI is InChI=1S/C20H23ClFN3O3/c21-15-5-4-14(7-16(15)22)28-9-17(26)25-20-10-19(11-20,12-20)18(27)24-8-13-3-1-2-6-23-13/h3-5,7,23H,1-2,6,8-12H2,(H,24,27)(H,25,26). The van der Waals surface area contributed by atoms with Crippen LogP contribution in [0.5, 0.6) is 5.75 Å². The Kier molecular flexibility index (Phi) is 4.95. The van der Waals surface area contributed by atoms with Crippen molar-refractivity contribution in [2.45, 2.75) is 37.6 Å². The van der Waals surface area contributed by atoms with Crippen LogP contribution in [0.3, 0.4) is 0 Å². The van der Waals surface area contributed by atoms with Crippen molar-refractivity contribution >= 4 is 23.4 Å². The zero-order chi connectivity index (χ0) is 19.8. The SMILES string of the molecule is O=C(COc1ccc(Cl)c(F)c1)NC12CC(C(=O)NCC3=CCCCN3)(C1)C2. The first-order valence-corrected chi connectivity index (χ1v) is 9.88. The summed E-state index contributed by atoms with van der Waals surface area (Å²) in [7, 11) is 0. The smallest absolute Gasteiger partial charge is 0.258 e. The van der Waals surface area contributed by atoms with Gasteiger partial charge in [-0.3, -0.25) is 9.59 Å². The fourth-order valence-electron chi connectivity index (χ4n) is 4.41. The monoisotopic (exact) mass is 407 g/mol. The van der Waals surface area contributed by atoms with Gasteiger partial charge in [-0.25, -0.2) is 4.39 Å². The molecule has 3 fully saturated rings. The van der Waals surface area contributed by atoms with Crippen LogP contribution in [0.2, 0.25) is 5.02 Å². The molecule has 0 radical (unpaired) electrons. The topological polar surface area (TPSA) is 79.5 Å². The second-order valence-corrected chi connectivity index (χ2v) is 8.39. The Labute approximate surface area is 167 Å². The van der Waals surface area contributed by atoms with Crippen molar-refractivity contribution in [3.8, 4) is 5.75 Å². The lowest BCUT2D eigenvalue weighted by Gasteiger charge is -2.69. The van der Waals surface area contributed by atoms with Gasteiger partial charge in [-0.2, -0.15) is 0 Å². The van der Waals surface area contributed by atoms with Crippen LogP contribution in [-0.4, -0.2) is 37.0 Å². The van der Waals surface area contributed by atoms with Gasteiger partial charge in [0.05, 0.1) is 17.0 Å². The molecule has 0 aromatic heterocycles. The number of halogens is 2. The van der Waals surface area contributed by atoms with E-state index in [0.29, 0.717) is 25.8 Å². The van der Waals surface area contributed by atoms with Crippen molar-refractivity contribution < 1.29 is 18.7 Å². The van der Waals surface area contributed by atoms with Gasteiger partial charge >= 0.3 is 0 Å². The predicted octanol–water partition coefficient (Wildman–Crippen LogP) is 2.28. The van der Waals surface area contributed by atoms with Gasteiger partial charge in [-0.1, -0.05) is 17.7 Å². The number of carbonyl (C=O) groups excluding carboxylic acids is 2. The summed E-state index contributed by atoms with van der Waals surface area (Å²) >= 11 is 5.62. The van der Waals surface area contributed by atoms with E-state index in [4.69, 9.17) is 16.3 Å². The minimum Gasteiger partial charge on any atom is -0.484 e. The summed E-state index contributed by atoms with van der Waals surface area (Å²) in [5.41, 5.74) is 0.429. The molecule has 0 spiro atoms. The molecule has 5 rings (SSSR count). The third-order valence-electron chi connectivity index (χ3n) is 5.74. The third kappa shape index (κ3) is 3.68. The molecule has 0 unspecified atom stereocenters. The minimum absolute atomic E-state index is 0.00445. The first-order valence-electron chi connectivity index (χ1n) is 9.50. The van der Waals surface area contributed by atoms with Crippen LogP contribution in [0.25, 0.3) is 0 Å². The highest BCUT2D eigenvalue weighted by molar-refractivity contribution is 6.30. The highest BCUT2D eigenvalue weighted by Crippen LogP contribution is 2.67. The summed E-state index contributed by atoms with van der Waals surface area (Å²) in [6.07, 6.45) is 6.25. The number of carbonyl (C=O) groups is 2. The van der Waals surface area contributed by atoms with Gasteiger partial charge in [-0.05, 0) is 44.2 Å². The molecule has 3 N–H and O–H groups in total. The van der Waals surface area contributed by atoms with Crippen LogP contribution >= 0.6 is 11.6 Å². The second kappa shape index (κ2) is 7.28. The predicted molar refractivity (Wildman–Crippen MR) is 102 cm³/mol. The first kappa shape index (κ1) is 19.1. The zero-order valence-corrected chi connectivity index (χ0v) is 16.2. The van der Waals surface area contributed by atoms with E-state index in [1.54, 1.807) is 0 Å². The molecule has 150 valence electrons. The quantitative estimate of drug-likeness (QED) is 0.648. The normalized spacial score (nSPS) is 27.4. The lowest BCUT2D eigenvalue weighted by atomic mass is 9.39. The summed E-state index contributed by atoms with van der Waals surface area (Å²) in [6, 6.07) is 4.04. The van der Waals surface area contributed by atoms with Gasteiger partial charge in [0.15, 0.2) is 6.61 Å². The van der Waals surface area contributed by atoms with Crippen LogP contribution in [-0.2, 0) is 9.59 Å². The summed E-state index contributed by atoms with van der Waals surface area (Å²) in [4.78, 5) is 24.6. The zero-order valence-electron chi connectivity index (χ0n) is 15.4. The van der Waals surface area contributed by atoms with Crippen LogP contribution in [0.15, 0.2) is 30.0 Å². The number of amides is 2. The van der Waals surface area contributed by atoms with E-state index in [9.17, 15) is 14.0 Å². The van der Waals surface area contributed by atoms with Gasteiger partial charge in [0.25, 0.3) is 5.91 Å². The summed E-state index contributed by atoms with van der Waals surface area (Å²) in [5.74, 6) is -0.562. The molecule has 1 aromatic rings. The van der Waals surface area contributed by atoms with Crippen molar-refractivity contribution in [1.29, 1.82) is 0 Å². The van der Waals surface area contributed by atoms with Crippen LogP contribution in [0.1, 0.15) is 32.1 Å². The lowest BCUT2D eigenvalue weighted by molar-refractivity contribution is -0.183. The van der Waals surface area contributed by atoms with Crippen molar-refractivity contribution in [3.63, 3.8) is 0 Å². The van der Waals surface area contributed by atoms with Crippen molar-refractivity contribution in [2.75, 3.05) is 19.7 Å². The summed E-state index contributed by atoms with van der Waals surface area (Å²) in [6.45, 7) is 1.28. The van der Waals surface area contributed by atoms with Gasteiger partial charge in [0, 0.05) is 23.8 Å². The second-order valence-electron chi connectivity index (χ2n) is 7.98. The Hall–Kier alpha value is -2.28. The van der Waals surface area contributed by atoms with E-state index in [1.165, 1.54) is 12.1 Å². The first-order chi connectivity index (χ1) is 13.4. The average molecular weight is 408 g/mol. The largest absolute Gasteiger partial charge is 0.484 e. The van der Waals surface area contributed by atoms with Crippen LogP contribution < -0.4 is 20.7 Å². The fourth-order valence-corrected chi connectivity index (χ4v) is 4.52. The molecule has 1 aliphatic heterocycles. The Bertz CT molecular complexity index is 822. The van der Waals surface area contributed by atoms with Gasteiger partial charge in [0.1, 0.15) is 11.6 Å². The molecule has 3 aliphatic carbocycles. The molecule has 8 heteroatoms. The van der Waals surface area contributed by atoms with Crippen LogP contribution in [0, 0.1) is 11.2 Å². The molecule has 4 aliphatic rings. The summed E-state index contributed by atoms with van der Waals surface area (Å²) in [5, 5.41) is 9.25. The average Bonchev–Trinajstić information content (AvgIpc) is 2.63. The molecule has 28 heavy (non-hydrogen) atoms. The Morgan fingerprint density at radius 1 is 1.29 bits per heavy atom. The number of nitrogens with one attached hydrogen (secondary N) is 3. The number of hydrogen-bond donors (Lipinski definition) is 3. The minimum atomic E-state index is -0.592. The van der Waals surface area contributed by atoms with E-state index in [1.807, 2.05) is 0 Å². The van der Waals surface area contributed by atoms with Crippen molar-refractivity contribution in [1.82, 2.24) is 16.0 Å². The lowest BCUT2D eigenvalue weighted by Crippen LogP contribution is -2.78. The number of hydrogen-bond acceptors (Lipinski definition) is 4. The third-order valence-corrected chi connectivity index (χ3v) is 6.05. The maximum Gasteiger partial charge on any atom is 0.258 e. The van der Waals surface area contributed by atoms with E-state index < -0.39 is 5.82 Å².